The summed E-state index contributed by atoms with van der Waals surface area (Å²) >= 11 is 0. The Kier molecular flexibility index (Phi) is 2.16. The number of fused-ring (bicyclic) bond motifs is 1. The number of imidazole rings is 1. The van der Waals surface area contributed by atoms with Gasteiger partial charge in [-0.25, -0.2) is 4.98 Å². The quantitative estimate of drug-likeness (QED) is 0.692. The van der Waals surface area contributed by atoms with E-state index in [1.807, 2.05) is 0 Å². The minimum Gasteiger partial charge on any atom is -0.383 e. The van der Waals surface area contributed by atoms with Gasteiger partial charge in [0.15, 0.2) is 0 Å². The highest BCUT2D eigenvalue weighted by atomic mass is 16.2. The van der Waals surface area contributed by atoms with Crippen molar-refractivity contribution in [3.05, 3.63) is 48.0 Å². The fourth-order valence-electron chi connectivity index (χ4n) is 1.85. The zero-order valence-electron chi connectivity index (χ0n) is 9.74. The Hall–Kier alpha value is -2.63. The summed E-state index contributed by atoms with van der Waals surface area (Å²) in [7, 11) is 0. The lowest BCUT2D eigenvalue weighted by Gasteiger charge is -2.03. The molecule has 3 heterocycles. The molecule has 0 spiro atoms. The van der Waals surface area contributed by atoms with Crippen molar-refractivity contribution in [3.8, 4) is 0 Å². The van der Waals surface area contributed by atoms with E-state index in [9.17, 15) is 4.79 Å². The third kappa shape index (κ3) is 1.55. The molecule has 0 aliphatic carbocycles. The Morgan fingerprint density at radius 3 is 2.94 bits per heavy atom. The first-order valence-corrected chi connectivity index (χ1v) is 5.45. The Morgan fingerprint density at radius 2 is 2.22 bits per heavy atom. The van der Waals surface area contributed by atoms with E-state index in [1.165, 1.54) is 4.68 Å². The molecule has 6 heteroatoms. The van der Waals surface area contributed by atoms with Crippen LogP contribution in [0.4, 0.5) is 5.82 Å². The van der Waals surface area contributed by atoms with Crippen LogP contribution in [0.3, 0.4) is 0 Å². The Bertz CT molecular complexity index is 740. The van der Waals surface area contributed by atoms with Crippen molar-refractivity contribution in [3.63, 3.8) is 0 Å². The fourth-order valence-corrected chi connectivity index (χ4v) is 1.85. The van der Waals surface area contributed by atoms with Crippen LogP contribution in [0, 0.1) is 6.92 Å². The molecular formula is C12H11N5O. The third-order valence-electron chi connectivity index (χ3n) is 2.69. The molecule has 0 fully saturated rings. The number of carbonyl (C=O) groups excluding carboxylic acids is 1. The average Bonchev–Trinajstić information content (AvgIpc) is 2.93. The van der Waals surface area contributed by atoms with Gasteiger partial charge in [0.2, 0.25) is 0 Å². The number of rotatable bonds is 1. The summed E-state index contributed by atoms with van der Waals surface area (Å²) in [5.74, 6) is 0.0828. The van der Waals surface area contributed by atoms with Gasteiger partial charge in [-0.1, -0.05) is 0 Å². The molecule has 3 aromatic rings. The lowest BCUT2D eigenvalue weighted by atomic mass is 10.2. The molecule has 0 aliphatic heterocycles. The Labute approximate surface area is 103 Å². The van der Waals surface area contributed by atoms with Crippen LogP contribution in [0.2, 0.25) is 0 Å². The van der Waals surface area contributed by atoms with Crippen molar-refractivity contribution in [2.24, 2.45) is 0 Å². The molecular weight excluding hydrogens is 230 g/mol. The van der Waals surface area contributed by atoms with Crippen LogP contribution in [0.15, 0.2) is 36.8 Å². The number of anilines is 1. The summed E-state index contributed by atoms with van der Waals surface area (Å²) < 4.78 is 2.98. The predicted molar refractivity (Wildman–Crippen MR) is 66.3 cm³/mol. The smallest absolute Gasteiger partial charge is 0.281 e. The Morgan fingerprint density at radius 1 is 1.39 bits per heavy atom. The molecule has 90 valence electrons. The van der Waals surface area contributed by atoms with Gasteiger partial charge in [-0.05, 0) is 19.1 Å². The second-order valence-electron chi connectivity index (χ2n) is 4.04. The number of aromatic nitrogens is 4. The normalized spacial score (nSPS) is 10.9. The van der Waals surface area contributed by atoms with Gasteiger partial charge in [-0.15, -0.1) is 0 Å². The van der Waals surface area contributed by atoms with Crippen molar-refractivity contribution in [1.82, 2.24) is 19.2 Å². The van der Waals surface area contributed by atoms with Gasteiger partial charge in [0.1, 0.15) is 11.5 Å². The molecule has 0 atom stereocenters. The van der Waals surface area contributed by atoms with E-state index in [4.69, 9.17) is 5.73 Å². The standard InChI is InChI=1S/C12H11N5O/c1-8-6-10(13)17(15-8)12(18)9-2-3-11-14-4-5-16(11)7-9/h2-7H,13H2,1H3. The maximum atomic E-state index is 12.2. The summed E-state index contributed by atoms with van der Waals surface area (Å²) in [5.41, 5.74) is 7.74. The molecule has 0 saturated heterocycles. The van der Waals surface area contributed by atoms with E-state index in [-0.39, 0.29) is 5.91 Å². The highest BCUT2D eigenvalue weighted by Crippen LogP contribution is 2.11. The second kappa shape index (κ2) is 3.69. The minimum atomic E-state index is -0.254. The molecule has 6 nitrogen and oxygen atoms in total. The van der Waals surface area contributed by atoms with Crippen LogP contribution >= 0.6 is 0 Å². The van der Waals surface area contributed by atoms with Crippen LogP contribution in [0.5, 0.6) is 0 Å². The van der Waals surface area contributed by atoms with E-state index < -0.39 is 0 Å². The first-order chi connectivity index (χ1) is 8.65. The first kappa shape index (κ1) is 10.5. The largest absolute Gasteiger partial charge is 0.383 e. The highest BCUT2D eigenvalue weighted by molar-refractivity contribution is 5.97. The van der Waals surface area contributed by atoms with Gasteiger partial charge in [0.25, 0.3) is 5.91 Å². The molecule has 0 aliphatic rings. The molecule has 0 radical (unpaired) electrons. The van der Waals surface area contributed by atoms with Crippen LogP contribution in [-0.2, 0) is 0 Å². The van der Waals surface area contributed by atoms with E-state index in [2.05, 4.69) is 10.1 Å². The number of nitrogens with zero attached hydrogens (tertiary/aromatic N) is 4. The molecule has 3 aromatic heterocycles. The monoisotopic (exact) mass is 241 g/mol. The van der Waals surface area contributed by atoms with Crippen molar-refractivity contribution in [2.45, 2.75) is 6.92 Å². The topological polar surface area (TPSA) is 78.2 Å². The van der Waals surface area contributed by atoms with Crippen LogP contribution in [-0.4, -0.2) is 25.1 Å². The first-order valence-electron chi connectivity index (χ1n) is 5.45. The van der Waals surface area contributed by atoms with Crippen LogP contribution in [0.25, 0.3) is 5.65 Å². The van der Waals surface area contributed by atoms with E-state index in [0.717, 1.165) is 5.65 Å². The van der Waals surface area contributed by atoms with Gasteiger partial charge >= 0.3 is 0 Å². The zero-order valence-corrected chi connectivity index (χ0v) is 9.74. The molecule has 3 rings (SSSR count). The molecule has 0 amide bonds. The lowest BCUT2D eigenvalue weighted by molar-refractivity contribution is 0.0947. The van der Waals surface area contributed by atoms with Crippen LogP contribution in [0.1, 0.15) is 16.1 Å². The fraction of sp³-hybridized carbons (Fsp3) is 0.0833. The SMILES string of the molecule is Cc1cc(N)n(C(=O)c2ccc3nccn3c2)n1. The van der Waals surface area contributed by atoms with E-state index >= 15 is 0 Å². The zero-order chi connectivity index (χ0) is 12.7. The minimum absolute atomic E-state index is 0.254. The van der Waals surface area contributed by atoms with E-state index in [0.29, 0.717) is 17.1 Å². The van der Waals surface area contributed by atoms with Crippen molar-refractivity contribution >= 4 is 17.4 Å². The Balaban J connectivity index is 2.08. The number of hydrogen-bond donors (Lipinski definition) is 1. The maximum Gasteiger partial charge on any atom is 0.281 e. The second-order valence-corrected chi connectivity index (χ2v) is 4.04. The van der Waals surface area contributed by atoms with Crippen molar-refractivity contribution < 1.29 is 4.79 Å². The summed E-state index contributed by atoms with van der Waals surface area (Å²) in [4.78, 5) is 16.4. The van der Waals surface area contributed by atoms with E-state index in [1.54, 1.807) is 48.1 Å². The summed E-state index contributed by atoms with van der Waals surface area (Å²) in [6.07, 6.45) is 5.17. The van der Waals surface area contributed by atoms with Gasteiger partial charge in [0.05, 0.1) is 11.3 Å². The summed E-state index contributed by atoms with van der Waals surface area (Å²) in [5, 5.41) is 4.07. The van der Waals surface area contributed by atoms with Gasteiger partial charge < -0.3 is 10.1 Å². The number of hydrogen-bond acceptors (Lipinski definition) is 4. The van der Waals surface area contributed by atoms with Crippen molar-refractivity contribution in [1.29, 1.82) is 0 Å². The third-order valence-corrected chi connectivity index (χ3v) is 2.69. The number of carbonyl (C=O) groups is 1. The molecule has 0 saturated carbocycles. The molecule has 0 bridgehead atoms. The summed E-state index contributed by atoms with van der Waals surface area (Å²) in [6.45, 7) is 1.79. The van der Waals surface area contributed by atoms with Crippen LogP contribution < -0.4 is 5.73 Å². The lowest BCUT2D eigenvalue weighted by Crippen LogP contribution is -2.16. The van der Waals surface area contributed by atoms with Gasteiger partial charge in [-0.3, -0.25) is 4.79 Å². The number of nitrogen functional groups attached to an aromatic ring is 1. The molecule has 18 heavy (non-hydrogen) atoms. The number of pyridine rings is 1. The average molecular weight is 241 g/mol. The molecule has 2 N–H and O–H groups in total. The summed E-state index contributed by atoms with van der Waals surface area (Å²) in [6, 6.07) is 5.15. The van der Waals surface area contributed by atoms with Crippen molar-refractivity contribution in [2.75, 3.05) is 5.73 Å². The number of nitrogens with two attached hydrogens (primary N) is 1. The maximum absolute atomic E-state index is 12.2. The molecule has 0 aromatic carbocycles. The molecule has 0 unspecified atom stereocenters. The number of aryl methyl sites for hydroxylation is 1. The predicted octanol–water partition coefficient (Wildman–Crippen LogP) is 1.11. The van der Waals surface area contributed by atoms with Gasteiger partial charge in [-0.2, -0.15) is 9.78 Å². The highest BCUT2D eigenvalue weighted by Gasteiger charge is 2.13. The van der Waals surface area contributed by atoms with Gasteiger partial charge in [0, 0.05) is 24.7 Å².